The predicted octanol–water partition coefficient (Wildman–Crippen LogP) is 2.64. The molecule has 0 amide bonds. The fraction of sp³-hybridized carbons (Fsp3) is 0.200. The molecule has 0 unspecified atom stereocenters. The van der Waals surface area contributed by atoms with Gasteiger partial charge in [0.15, 0.2) is 0 Å². The van der Waals surface area contributed by atoms with Crippen LogP contribution in [0.25, 0.3) is 0 Å². The van der Waals surface area contributed by atoms with Crippen molar-refractivity contribution in [2.45, 2.75) is 13.5 Å². The van der Waals surface area contributed by atoms with E-state index in [-0.39, 0.29) is 0 Å². The Bertz CT molecular complexity index is 438. The number of hydrogen-bond donors (Lipinski definition) is 1. The molecule has 0 radical (unpaired) electrons. The number of hydrogen-bond acceptors (Lipinski definition) is 4. The predicted molar refractivity (Wildman–Crippen MR) is 57.8 cm³/mol. The van der Waals surface area contributed by atoms with Crippen molar-refractivity contribution in [3.05, 3.63) is 41.2 Å². The third kappa shape index (κ3) is 2.47. The standard InChI is InChI=1S/C10H10ClN3O/c1-7-2-3-15-8(7)4-13-10-6-12-9(11)5-14-10/h2-3,5-6H,4H2,1H3,(H,13,14). The summed E-state index contributed by atoms with van der Waals surface area (Å²) in [4.78, 5) is 7.97. The van der Waals surface area contributed by atoms with Crippen LogP contribution >= 0.6 is 11.6 Å². The zero-order valence-corrected chi connectivity index (χ0v) is 8.95. The van der Waals surface area contributed by atoms with E-state index in [2.05, 4.69) is 15.3 Å². The van der Waals surface area contributed by atoms with Crippen LogP contribution in [0, 0.1) is 6.92 Å². The summed E-state index contributed by atoms with van der Waals surface area (Å²) in [5, 5.41) is 3.47. The number of nitrogens with zero attached hydrogens (tertiary/aromatic N) is 2. The maximum absolute atomic E-state index is 5.62. The largest absolute Gasteiger partial charge is 0.467 e. The van der Waals surface area contributed by atoms with Crippen molar-refractivity contribution in [1.82, 2.24) is 9.97 Å². The highest BCUT2D eigenvalue weighted by Crippen LogP contribution is 2.11. The van der Waals surface area contributed by atoms with E-state index >= 15 is 0 Å². The summed E-state index contributed by atoms with van der Waals surface area (Å²) in [6.07, 6.45) is 4.75. The number of aromatic nitrogens is 2. The molecule has 78 valence electrons. The second-order valence-corrected chi connectivity index (χ2v) is 3.49. The lowest BCUT2D eigenvalue weighted by Gasteiger charge is -2.03. The van der Waals surface area contributed by atoms with E-state index < -0.39 is 0 Å². The minimum Gasteiger partial charge on any atom is -0.467 e. The molecule has 5 heteroatoms. The van der Waals surface area contributed by atoms with Gasteiger partial charge in [0, 0.05) is 0 Å². The average Bonchev–Trinajstić information content (AvgIpc) is 2.63. The molecule has 0 atom stereocenters. The van der Waals surface area contributed by atoms with Gasteiger partial charge in [0.1, 0.15) is 16.7 Å². The van der Waals surface area contributed by atoms with Gasteiger partial charge in [0.2, 0.25) is 0 Å². The van der Waals surface area contributed by atoms with Crippen LogP contribution in [0.2, 0.25) is 5.15 Å². The maximum Gasteiger partial charge on any atom is 0.147 e. The molecule has 0 aliphatic heterocycles. The summed E-state index contributed by atoms with van der Waals surface area (Å²) in [6.45, 7) is 2.59. The molecule has 1 N–H and O–H groups in total. The molecule has 0 aliphatic rings. The van der Waals surface area contributed by atoms with Gasteiger partial charge in [-0.05, 0) is 18.6 Å². The van der Waals surface area contributed by atoms with Crippen molar-refractivity contribution >= 4 is 17.4 Å². The number of aryl methyl sites for hydroxylation is 1. The smallest absolute Gasteiger partial charge is 0.147 e. The fourth-order valence-electron chi connectivity index (χ4n) is 1.16. The van der Waals surface area contributed by atoms with Crippen LogP contribution in [0.5, 0.6) is 0 Å². The van der Waals surface area contributed by atoms with Gasteiger partial charge < -0.3 is 9.73 Å². The molecule has 0 spiro atoms. The zero-order chi connectivity index (χ0) is 10.7. The molecule has 15 heavy (non-hydrogen) atoms. The molecule has 0 fully saturated rings. The van der Waals surface area contributed by atoms with Crippen LogP contribution < -0.4 is 5.32 Å². The van der Waals surface area contributed by atoms with Crippen LogP contribution in [-0.2, 0) is 6.54 Å². The highest BCUT2D eigenvalue weighted by molar-refractivity contribution is 6.29. The van der Waals surface area contributed by atoms with Gasteiger partial charge in [-0.25, -0.2) is 9.97 Å². The molecular formula is C10H10ClN3O. The first-order valence-corrected chi connectivity index (χ1v) is 4.88. The van der Waals surface area contributed by atoms with Crippen molar-refractivity contribution in [2.75, 3.05) is 5.32 Å². The topological polar surface area (TPSA) is 51.0 Å². The van der Waals surface area contributed by atoms with Gasteiger partial charge in [0.05, 0.1) is 25.2 Å². The summed E-state index contributed by atoms with van der Waals surface area (Å²) < 4.78 is 5.27. The lowest BCUT2D eigenvalue weighted by atomic mass is 10.3. The van der Waals surface area contributed by atoms with Gasteiger partial charge in [-0.3, -0.25) is 0 Å². The summed E-state index contributed by atoms with van der Waals surface area (Å²) in [7, 11) is 0. The Balaban J connectivity index is 1.99. The van der Waals surface area contributed by atoms with Crippen molar-refractivity contribution in [3.8, 4) is 0 Å². The Morgan fingerprint density at radius 1 is 1.40 bits per heavy atom. The van der Waals surface area contributed by atoms with Crippen LogP contribution in [0.4, 0.5) is 5.82 Å². The highest BCUT2D eigenvalue weighted by atomic mass is 35.5. The summed E-state index contributed by atoms with van der Waals surface area (Å²) in [5.41, 5.74) is 1.12. The molecule has 0 saturated heterocycles. The Kier molecular flexibility index (Phi) is 2.87. The van der Waals surface area contributed by atoms with Gasteiger partial charge in [-0.1, -0.05) is 11.6 Å². The molecule has 2 heterocycles. The first-order valence-electron chi connectivity index (χ1n) is 4.50. The Morgan fingerprint density at radius 3 is 2.87 bits per heavy atom. The number of rotatable bonds is 3. The van der Waals surface area contributed by atoms with E-state index in [1.807, 2.05) is 13.0 Å². The third-order valence-corrected chi connectivity index (χ3v) is 2.21. The number of furan rings is 1. The quantitative estimate of drug-likeness (QED) is 0.869. The van der Waals surface area contributed by atoms with E-state index in [0.29, 0.717) is 17.5 Å². The maximum atomic E-state index is 5.62. The van der Waals surface area contributed by atoms with Crippen molar-refractivity contribution in [3.63, 3.8) is 0 Å². The summed E-state index contributed by atoms with van der Waals surface area (Å²) in [6, 6.07) is 1.92. The number of halogens is 1. The Hall–Kier alpha value is -1.55. The highest BCUT2D eigenvalue weighted by Gasteiger charge is 2.01. The van der Waals surface area contributed by atoms with Crippen molar-refractivity contribution in [1.29, 1.82) is 0 Å². The number of nitrogens with one attached hydrogen (secondary N) is 1. The van der Waals surface area contributed by atoms with Crippen LogP contribution in [0.3, 0.4) is 0 Å². The minimum atomic E-state index is 0.384. The third-order valence-electron chi connectivity index (χ3n) is 2.02. The van der Waals surface area contributed by atoms with E-state index in [9.17, 15) is 0 Å². The molecule has 0 saturated carbocycles. The van der Waals surface area contributed by atoms with Crippen molar-refractivity contribution in [2.24, 2.45) is 0 Å². The minimum absolute atomic E-state index is 0.384. The first-order chi connectivity index (χ1) is 7.25. The molecule has 4 nitrogen and oxygen atoms in total. The van der Waals surface area contributed by atoms with E-state index in [1.54, 1.807) is 12.5 Å². The van der Waals surface area contributed by atoms with Crippen LogP contribution in [0.15, 0.2) is 29.1 Å². The fourth-order valence-corrected chi connectivity index (χ4v) is 1.26. The molecule has 2 rings (SSSR count). The molecular weight excluding hydrogens is 214 g/mol. The summed E-state index contributed by atoms with van der Waals surface area (Å²) >= 11 is 5.62. The van der Waals surface area contributed by atoms with Crippen molar-refractivity contribution < 1.29 is 4.42 Å². The van der Waals surface area contributed by atoms with Gasteiger partial charge in [-0.2, -0.15) is 0 Å². The van der Waals surface area contributed by atoms with E-state index in [0.717, 1.165) is 11.3 Å². The lowest BCUT2D eigenvalue weighted by Crippen LogP contribution is -2.01. The van der Waals surface area contributed by atoms with Gasteiger partial charge in [-0.15, -0.1) is 0 Å². The van der Waals surface area contributed by atoms with Crippen LogP contribution in [0.1, 0.15) is 11.3 Å². The second-order valence-electron chi connectivity index (χ2n) is 3.10. The SMILES string of the molecule is Cc1ccoc1CNc1cnc(Cl)cn1. The average molecular weight is 224 g/mol. The van der Waals surface area contributed by atoms with Gasteiger partial charge in [0.25, 0.3) is 0 Å². The second kappa shape index (κ2) is 4.31. The Morgan fingerprint density at radius 2 is 2.27 bits per heavy atom. The molecule has 2 aromatic heterocycles. The lowest BCUT2D eigenvalue weighted by molar-refractivity contribution is 0.515. The Labute approximate surface area is 92.3 Å². The molecule has 0 aliphatic carbocycles. The zero-order valence-electron chi connectivity index (χ0n) is 8.20. The first kappa shape index (κ1) is 9.98. The molecule has 0 aromatic carbocycles. The molecule has 2 aromatic rings. The van der Waals surface area contributed by atoms with E-state index in [1.165, 1.54) is 6.20 Å². The van der Waals surface area contributed by atoms with Crippen LogP contribution in [-0.4, -0.2) is 9.97 Å². The van der Waals surface area contributed by atoms with E-state index in [4.69, 9.17) is 16.0 Å². The summed E-state index contributed by atoms with van der Waals surface area (Å²) in [5.74, 6) is 1.57. The monoisotopic (exact) mass is 223 g/mol. The van der Waals surface area contributed by atoms with Gasteiger partial charge >= 0.3 is 0 Å². The molecule has 0 bridgehead atoms. The normalized spacial score (nSPS) is 10.3. The number of anilines is 1.